The highest BCUT2D eigenvalue weighted by Crippen LogP contribution is 2.32. The second-order valence-electron chi connectivity index (χ2n) is 5.52. The zero-order chi connectivity index (χ0) is 14.4. The molecule has 0 heterocycles. The van der Waals surface area contributed by atoms with Crippen LogP contribution in [0.5, 0.6) is 0 Å². The summed E-state index contributed by atoms with van der Waals surface area (Å²) in [5.74, 6) is 0.974. The molecule has 1 aromatic carbocycles. The van der Waals surface area contributed by atoms with E-state index in [0.717, 1.165) is 16.5 Å². The number of nitrogens with two attached hydrogens (primary N) is 1. The number of carbonyl (C=O) groups is 1. The Morgan fingerprint density at radius 1 is 1.30 bits per heavy atom. The van der Waals surface area contributed by atoms with Crippen LogP contribution in [0.1, 0.15) is 39.0 Å². The Balaban J connectivity index is 1.93. The molecule has 0 aromatic heterocycles. The molecular formula is C16H24N2OS. The molecule has 1 aliphatic rings. The fourth-order valence-corrected chi connectivity index (χ4v) is 3.55. The van der Waals surface area contributed by atoms with Crippen molar-refractivity contribution in [1.82, 2.24) is 0 Å². The van der Waals surface area contributed by atoms with Crippen molar-refractivity contribution in [3.8, 4) is 0 Å². The molecule has 20 heavy (non-hydrogen) atoms. The van der Waals surface area contributed by atoms with E-state index in [9.17, 15) is 4.79 Å². The number of para-hydroxylation sites is 1. The van der Waals surface area contributed by atoms with E-state index >= 15 is 0 Å². The van der Waals surface area contributed by atoms with Crippen molar-refractivity contribution in [2.24, 2.45) is 11.7 Å². The van der Waals surface area contributed by atoms with E-state index in [2.05, 4.69) is 18.3 Å². The summed E-state index contributed by atoms with van der Waals surface area (Å²) in [6.07, 6.45) is 6.44. The zero-order valence-corrected chi connectivity index (χ0v) is 12.9. The van der Waals surface area contributed by atoms with Crippen molar-refractivity contribution in [3.05, 3.63) is 24.3 Å². The van der Waals surface area contributed by atoms with Gasteiger partial charge in [-0.05, 0) is 43.7 Å². The van der Waals surface area contributed by atoms with Gasteiger partial charge in [0.2, 0.25) is 5.91 Å². The Kier molecular flexibility index (Phi) is 5.77. The molecule has 0 bridgehead atoms. The maximum atomic E-state index is 10.9. The van der Waals surface area contributed by atoms with Crippen molar-refractivity contribution in [2.45, 2.75) is 50.0 Å². The maximum Gasteiger partial charge on any atom is 0.227 e. The number of anilines is 1. The molecule has 0 saturated heterocycles. The van der Waals surface area contributed by atoms with Gasteiger partial charge in [0.05, 0.1) is 5.75 Å². The van der Waals surface area contributed by atoms with Gasteiger partial charge in [-0.1, -0.05) is 25.5 Å². The van der Waals surface area contributed by atoms with Crippen LogP contribution in [0.4, 0.5) is 5.69 Å². The topological polar surface area (TPSA) is 55.1 Å². The van der Waals surface area contributed by atoms with Crippen LogP contribution in [-0.2, 0) is 4.79 Å². The minimum atomic E-state index is -0.270. The van der Waals surface area contributed by atoms with Gasteiger partial charge in [0.15, 0.2) is 0 Å². The minimum Gasteiger partial charge on any atom is -0.381 e. The van der Waals surface area contributed by atoms with E-state index in [1.54, 1.807) is 0 Å². The third kappa shape index (κ3) is 4.44. The summed E-state index contributed by atoms with van der Waals surface area (Å²) in [5.41, 5.74) is 6.36. The number of amides is 1. The number of benzene rings is 1. The predicted molar refractivity (Wildman–Crippen MR) is 86.0 cm³/mol. The summed E-state index contributed by atoms with van der Waals surface area (Å²) in [6, 6.07) is 8.74. The number of nitrogens with one attached hydrogen (secondary N) is 1. The van der Waals surface area contributed by atoms with Crippen molar-refractivity contribution in [2.75, 3.05) is 11.1 Å². The first-order valence-electron chi connectivity index (χ1n) is 7.45. The normalized spacial score (nSPS) is 22.4. The molecule has 1 aromatic rings. The van der Waals surface area contributed by atoms with Gasteiger partial charge in [-0.25, -0.2) is 0 Å². The molecule has 0 radical (unpaired) electrons. The predicted octanol–water partition coefficient (Wildman–Crippen LogP) is 3.64. The largest absolute Gasteiger partial charge is 0.381 e. The van der Waals surface area contributed by atoms with Crippen LogP contribution in [-0.4, -0.2) is 17.7 Å². The second kappa shape index (κ2) is 7.58. The van der Waals surface area contributed by atoms with Crippen molar-refractivity contribution >= 4 is 23.4 Å². The lowest BCUT2D eigenvalue weighted by atomic mass is 9.84. The molecule has 1 aliphatic carbocycles. The van der Waals surface area contributed by atoms with Gasteiger partial charge >= 0.3 is 0 Å². The van der Waals surface area contributed by atoms with E-state index in [-0.39, 0.29) is 5.91 Å². The summed E-state index contributed by atoms with van der Waals surface area (Å²) < 4.78 is 0. The molecule has 1 saturated carbocycles. The van der Waals surface area contributed by atoms with Crippen molar-refractivity contribution in [3.63, 3.8) is 0 Å². The number of hydrogen-bond acceptors (Lipinski definition) is 3. The Morgan fingerprint density at radius 2 is 2.00 bits per heavy atom. The number of rotatable bonds is 6. The van der Waals surface area contributed by atoms with Gasteiger partial charge in [0.25, 0.3) is 0 Å². The fourth-order valence-electron chi connectivity index (χ4n) is 2.80. The van der Waals surface area contributed by atoms with Crippen LogP contribution >= 0.6 is 11.8 Å². The quantitative estimate of drug-likeness (QED) is 0.787. The Morgan fingerprint density at radius 3 is 2.65 bits per heavy atom. The molecule has 0 atom stereocenters. The number of carbonyl (C=O) groups excluding carboxylic acids is 1. The van der Waals surface area contributed by atoms with E-state index < -0.39 is 0 Å². The third-order valence-electron chi connectivity index (χ3n) is 4.04. The summed E-state index contributed by atoms with van der Waals surface area (Å²) >= 11 is 1.51. The third-order valence-corrected chi connectivity index (χ3v) is 5.14. The molecular weight excluding hydrogens is 268 g/mol. The van der Waals surface area contributed by atoms with Crippen molar-refractivity contribution < 1.29 is 4.79 Å². The first kappa shape index (κ1) is 15.2. The maximum absolute atomic E-state index is 10.9. The van der Waals surface area contributed by atoms with Gasteiger partial charge in [-0.15, -0.1) is 11.8 Å². The molecule has 3 N–H and O–H groups in total. The Bertz CT molecular complexity index is 442. The first-order chi connectivity index (χ1) is 9.69. The van der Waals surface area contributed by atoms with Crippen LogP contribution in [0.15, 0.2) is 29.2 Å². The molecule has 2 rings (SSSR count). The molecule has 0 spiro atoms. The van der Waals surface area contributed by atoms with Gasteiger partial charge < -0.3 is 11.1 Å². The second-order valence-corrected chi connectivity index (χ2v) is 6.54. The average molecular weight is 292 g/mol. The smallest absolute Gasteiger partial charge is 0.227 e. The molecule has 4 heteroatoms. The summed E-state index contributed by atoms with van der Waals surface area (Å²) in [6.45, 7) is 2.29. The lowest BCUT2D eigenvalue weighted by Gasteiger charge is -2.29. The lowest BCUT2D eigenvalue weighted by Crippen LogP contribution is -2.26. The number of primary amides is 1. The summed E-state index contributed by atoms with van der Waals surface area (Å²) in [4.78, 5) is 12.0. The van der Waals surface area contributed by atoms with Crippen LogP contribution in [0.2, 0.25) is 0 Å². The average Bonchev–Trinajstić information content (AvgIpc) is 2.47. The molecule has 1 fully saturated rings. The van der Waals surface area contributed by atoms with Crippen LogP contribution in [0, 0.1) is 5.92 Å². The van der Waals surface area contributed by atoms with Crippen LogP contribution < -0.4 is 11.1 Å². The first-order valence-corrected chi connectivity index (χ1v) is 8.44. The van der Waals surface area contributed by atoms with Gasteiger partial charge in [-0.2, -0.15) is 0 Å². The van der Waals surface area contributed by atoms with E-state index in [1.165, 1.54) is 43.9 Å². The minimum absolute atomic E-state index is 0.270. The highest BCUT2D eigenvalue weighted by molar-refractivity contribution is 8.00. The molecule has 3 nitrogen and oxygen atoms in total. The summed E-state index contributed by atoms with van der Waals surface area (Å²) in [5, 5.41) is 3.64. The summed E-state index contributed by atoms with van der Waals surface area (Å²) in [7, 11) is 0. The molecule has 0 aliphatic heterocycles. The highest BCUT2D eigenvalue weighted by Gasteiger charge is 2.20. The van der Waals surface area contributed by atoms with Gasteiger partial charge in [0.1, 0.15) is 0 Å². The molecule has 0 unspecified atom stereocenters. The van der Waals surface area contributed by atoms with Crippen LogP contribution in [0.3, 0.4) is 0 Å². The molecule has 1 amide bonds. The van der Waals surface area contributed by atoms with Gasteiger partial charge in [-0.3, -0.25) is 4.79 Å². The lowest BCUT2D eigenvalue weighted by molar-refractivity contribution is -0.115. The van der Waals surface area contributed by atoms with Crippen molar-refractivity contribution in [1.29, 1.82) is 0 Å². The monoisotopic (exact) mass is 292 g/mol. The number of thioether (sulfide) groups is 1. The SMILES string of the molecule is CCC1CCC(Nc2ccccc2SCC(N)=O)CC1. The standard InChI is InChI=1S/C16H24N2OS/c1-2-12-7-9-13(10-8-12)18-14-5-3-4-6-15(14)20-11-16(17)19/h3-6,12-13,18H,2,7-11H2,1H3,(H2,17,19). The van der Waals surface area contributed by atoms with E-state index in [4.69, 9.17) is 5.73 Å². The highest BCUT2D eigenvalue weighted by atomic mass is 32.2. The van der Waals surface area contributed by atoms with Crippen LogP contribution in [0.25, 0.3) is 0 Å². The van der Waals surface area contributed by atoms with E-state index in [0.29, 0.717) is 11.8 Å². The fraction of sp³-hybridized carbons (Fsp3) is 0.562. The van der Waals surface area contributed by atoms with Gasteiger partial charge in [0, 0.05) is 16.6 Å². The Hall–Kier alpha value is -1.16. The number of hydrogen-bond donors (Lipinski definition) is 2. The van der Waals surface area contributed by atoms with E-state index in [1.807, 2.05) is 18.2 Å². The zero-order valence-electron chi connectivity index (χ0n) is 12.1. The molecule has 110 valence electrons. The Labute approximate surface area is 125 Å².